The van der Waals surface area contributed by atoms with Crippen LogP contribution in [-0.4, -0.2) is 34.6 Å². The second-order valence-electron chi connectivity index (χ2n) is 4.34. The van der Waals surface area contributed by atoms with E-state index in [1.807, 2.05) is 0 Å². The summed E-state index contributed by atoms with van der Waals surface area (Å²) in [6.07, 6.45) is 0.110. The number of hydrogen-bond acceptors (Lipinski definition) is 4. The Labute approximate surface area is 111 Å². The summed E-state index contributed by atoms with van der Waals surface area (Å²) in [5.41, 5.74) is -0.136. The molecule has 1 atom stereocenters. The van der Waals surface area contributed by atoms with Gasteiger partial charge in [-0.15, -0.1) is 0 Å². The molecule has 1 unspecified atom stereocenters. The van der Waals surface area contributed by atoms with Crippen molar-refractivity contribution in [1.29, 1.82) is 0 Å². The van der Waals surface area contributed by atoms with E-state index in [2.05, 4.69) is 5.32 Å². The lowest BCUT2D eigenvalue weighted by Crippen LogP contribution is -2.54. The molecule has 4 amide bonds. The van der Waals surface area contributed by atoms with Gasteiger partial charge in [0.05, 0.1) is 13.9 Å². The van der Waals surface area contributed by atoms with E-state index in [4.69, 9.17) is 2.74 Å². The lowest BCUT2D eigenvalue weighted by atomic mass is 10.0. The number of amides is 4. The van der Waals surface area contributed by atoms with Crippen LogP contribution in [0.2, 0.25) is 0 Å². The predicted molar refractivity (Wildman–Crippen MR) is 63.1 cm³/mol. The van der Waals surface area contributed by atoms with Crippen molar-refractivity contribution in [3.63, 3.8) is 0 Å². The SMILES string of the molecule is [2H]c1ccc2c(c1[2H])C(=O)N(C1CCC(=O)NC1=O)C2=O. The Morgan fingerprint density at radius 2 is 1.95 bits per heavy atom. The Hall–Kier alpha value is -2.50. The Morgan fingerprint density at radius 1 is 1.21 bits per heavy atom. The highest BCUT2D eigenvalue weighted by Crippen LogP contribution is 2.26. The van der Waals surface area contributed by atoms with Crippen molar-refractivity contribution >= 4 is 23.6 Å². The molecular formula is C13H10N2O4. The van der Waals surface area contributed by atoms with E-state index in [-0.39, 0.29) is 36.1 Å². The highest BCUT2D eigenvalue weighted by Gasteiger charge is 2.44. The molecule has 1 fully saturated rings. The quantitative estimate of drug-likeness (QED) is 0.725. The van der Waals surface area contributed by atoms with Crippen molar-refractivity contribution in [3.05, 3.63) is 35.3 Å². The van der Waals surface area contributed by atoms with Crippen molar-refractivity contribution < 1.29 is 21.9 Å². The van der Waals surface area contributed by atoms with E-state index >= 15 is 0 Å². The molecule has 6 nitrogen and oxygen atoms in total. The summed E-state index contributed by atoms with van der Waals surface area (Å²) in [5, 5.41) is 2.09. The number of nitrogens with zero attached hydrogens (tertiary/aromatic N) is 1. The minimum Gasteiger partial charge on any atom is -0.295 e. The number of nitrogens with one attached hydrogen (secondary N) is 1. The first-order valence-electron chi connectivity index (χ1n) is 6.73. The van der Waals surface area contributed by atoms with Crippen LogP contribution in [0.15, 0.2) is 24.2 Å². The summed E-state index contributed by atoms with van der Waals surface area (Å²) in [6.45, 7) is 0. The summed E-state index contributed by atoms with van der Waals surface area (Å²) in [6, 6.07) is 1.02. The van der Waals surface area contributed by atoms with Gasteiger partial charge in [0.25, 0.3) is 11.8 Å². The van der Waals surface area contributed by atoms with Crippen molar-refractivity contribution in [3.8, 4) is 0 Å². The topological polar surface area (TPSA) is 83.6 Å². The third-order valence-electron chi connectivity index (χ3n) is 3.20. The van der Waals surface area contributed by atoms with Crippen LogP contribution in [0.3, 0.4) is 0 Å². The average molecular weight is 260 g/mol. The van der Waals surface area contributed by atoms with Crippen LogP contribution in [0.25, 0.3) is 0 Å². The second kappa shape index (κ2) is 4.01. The van der Waals surface area contributed by atoms with Gasteiger partial charge in [-0.25, -0.2) is 0 Å². The molecule has 19 heavy (non-hydrogen) atoms. The third kappa shape index (κ3) is 1.64. The van der Waals surface area contributed by atoms with Gasteiger partial charge in [-0.2, -0.15) is 0 Å². The largest absolute Gasteiger partial charge is 0.295 e. The summed E-state index contributed by atoms with van der Waals surface area (Å²) in [7, 11) is 0. The zero-order valence-electron chi connectivity index (χ0n) is 11.7. The highest BCUT2D eigenvalue weighted by molar-refractivity contribution is 6.23. The average Bonchev–Trinajstić information content (AvgIpc) is 2.67. The van der Waals surface area contributed by atoms with Gasteiger partial charge in [0.15, 0.2) is 0 Å². The third-order valence-corrected chi connectivity index (χ3v) is 3.20. The first-order valence-corrected chi connectivity index (χ1v) is 5.73. The van der Waals surface area contributed by atoms with Crippen LogP contribution in [-0.2, 0) is 9.59 Å². The summed E-state index contributed by atoms with van der Waals surface area (Å²) >= 11 is 0. The molecule has 6 heteroatoms. The number of piperidine rings is 1. The van der Waals surface area contributed by atoms with E-state index < -0.39 is 29.7 Å². The molecular weight excluding hydrogens is 248 g/mol. The summed E-state index contributed by atoms with van der Waals surface area (Å²) < 4.78 is 15.3. The van der Waals surface area contributed by atoms with Gasteiger partial charge < -0.3 is 0 Å². The lowest BCUT2D eigenvalue weighted by molar-refractivity contribution is -0.136. The molecule has 3 rings (SSSR count). The fourth-order valence-electron chi connectivity index (χ4n) is 2.29. The lowest BCUT2D eigenvalue weighted by Gasteiger charge is -2.27. The summed E-state index contributed by atoms with van der Waals surface area (Å²) in [4.78, 5) is 48.4. The van der Waals surface area contributed by atoms with Gasteiger partial charge in [0, 0.05) is 6.42 Å². The fraction of sp³-hybridized carbons (Fsp3) is 0.231. The normalized spacial score (nSPS) is 24.0. The molecule has 0 spiro atoms. The van der Waals surface area contributed by atoms with Gasteiger partial charge in [-0.05, 0) is 18.5 Å². The standard InChI is InChI=1S/C13H10N2O4/c16-10-6-5-9(11(17)14-10)15-12(18)7-3-1-2-4-8(7)13(15)19/h1-4,9H,5-6H2,(H,14,16,17)/i1D,3D. The molecule has 1 aromatic rings. The molecule has 0 bridgehead atoms. The van der Waals surface area contributed by atoms with Gasteiger partial charge >= 0.3 is 0 Å². The number of carbonyl (C=O) groups is 4. The Morgan fingerprint density at radius 3 is 2.68 bits per heavy atom. The van der Waals surface area contributed by atoms with E-state index in [1.165, 1.54) is 12.1 Å². The monoisotopic (exact) mass is 260 g/mol. The molecule has 0 aliphatic carbocycles. The minimum atomic E-state index is -1.05. The Kier molecular flexibility index (Phi) is 1.99. The molecule has 96 valence electrons. The first-order chi connectivity index (χ1) is 9.91. The van der Waals surface area contributed by atoms with Gasteiger partial charge in [-0.3, -0.25) is 29.4 Å². The van der Waals surface area contributed by atoms with Gasteiger partial charge in [-0.1, -0.05) is 12.1 Å². The van der Waals surface area contributed by atoms with Crippen LogP contribution in [0.4, 0.5) is 0 Å². The van der Waals surface area contributed by atoms with Crippen molar-refractivity contribution in [2.75, 3.05) is 0 Å². The zero-order chi connectivity index (χ0) is 15.3. The predicted octanol–water partition coefficient (Wildman–Crippen LogP) is 0.0878. The molecule has 2 heterocycles. The van der Waals surface area contributed by atoms with E-state index in [0.717, 1.165) is 4.90 Å². The molecule has 2 aliphatic rings. The molecule has 2 aliphatic heterocycles. The number of benzene rings is 1. The second-order valence-corrected chi connectivity index (χ2v) is 4.34. The molecule has 1 aromatic carbocycles. The maximum atomic E-state index is 12.3. The van der Waals surface area contributed by atoms with Crippen molar-refractivity contribution in [1.82, 2.24) is 10.2 Å². The number of rotatable bonds is 1. The number of carbonyl (C=O) groups excluding carboxylic acids is 4. The van der Waals surface area contributed by atoms with Crippen LogP contribution < -0.4 is 5.32 Å². The first kappa shape index (κ1) is 9.43. The smallest absolute Gasteiger partial charge is 0.262 e. The van der Waals surface area contributed by atoms with E-state index in [0.29, 0.717) is 0 Å². The molecule has 0 saturated carbocycles. The van der Waals surface area contributed by atoms with Crippen molar-refractivity contribution in [2.24, 2.45) is 0 Å². The number of fused-ring (bicyclic) bond motifs is 1. The molecule has 1 saturated heterocycles. The molecule has 1 N–H and O–H groups in total. The molecule has 0 radical (unpaired) electrons. The molecule has 0 aromatic heterocycles. The minimum absolute atomic E-state index is 0.0192. The number of imide groups is 2. The van der Waals surface area contributed by atoms with Gasteiger partial charge in [0.2, 0.25) is 11.8 Å². The van der Waals surface area contributed by atoms with Crippen LogP contribution in [0, 0.1) is 0 Å². The maximum Gasteiger partial charge on any atom is 0.262 e. The summed E-state index contributed by atoms with van der Waals surface area (Å²) in [5.74, 6) is -2.57. The Bertz CT molecular complexity index is 716. The van der Waals surface area contributed by atoms with Crippen LogP contribution >= 0.6 is 0 Å². The number of hydrogen-bond donors (Lipinski definition) is 1. The fourth-order valence-corrected chi connectivity index (χ4v) is 2.29. The van der Waals surface area contributed by atoms with E-state index in [9.17, 15) is 19.2 Å². The van der Waals surface area contributed by atoms with Crippen LogP contribution in [0.1, 0.15) is 36.3 Å². The maximum absolute atomic E-state index is 12.3. The van der Waals surface area contributed by atoms with Crippen molar-refractivity contribution in [2.45, 2.75) is 18.9 Å². The Balaban J connectivity index is 2.02. The van der Waals surface area contributed by atoms with Crippen LogP contribution in [0.5, 0.6) is 0 Å². The van der Waals surface area contributed by atoms with Gasteiger partial charge in [0.1, 0.15) is 6.04 Å². The highest BCUT2D eigenvalue weighted by atomic mass is 16.2. The van der Waals surface area contributed by atoms with E-state index in [1.54, 1.807) is 0 Å². The zero-order valence-corrected chi connectivity index (χ0v) is 9.73.